The van der Waals surface area contributed by atoms with Gasteiger partial charge in [-0.1, -0.05) is 187 Å². The van der Waals surface area contributed by atoms with Crippen molar-refractivity contribution in [3.63, 3.8) is 0 Å². The second-order valence-corrected chi connectivity index (χ2v) is 46.2. The summed E-state index contributed by atoms with van der Waals surface area (Å²) in [7, 11) is -1.29. The molecule has 8 aliphatic rings. The van der Waals surface area contributed by atoms with E-state index in [1.165, 1.54) is 12.8 Å². The standard InChI is InChI=1S/C11H22N2O.2C11H21NO2.3C10H19NO2.C10H19NO.C9H17NO2.C7H15NO3S/c1-11(2,3)9-10(14)13-7-5-12(4)6-8-13;1-11(2,3)8-10(14)12-6-4-9(13)5-7-12;1-11(2,3)7-10(14)12-6-4-5-9(13)8-12;1-10(2,3)8-9(12)11-4-6-13-7-5-11;2*1-10(2,3)6-9(13)11-5-4-8(12)7-11;1-10(2,3)8-9(12)11-6-4-5-7-11;1-9(2,3)4-8(12)10-5-7(11)6-10;1-7(2,3)5-6(9)8-12(4,10)11/h5-9H2,1-4H3;2*9,13H,4-8H2,1-3H3;4-8H2,1-3H3;2*8,12H,4-7H2,1-3H3;4-8H2,1-3H3;7,11H,4-6H2,1-3H3;5H2,1-4H3,(H,8,9)/t;;;;2*8-;;;/m....10.../s1. The van der Waals surface area contributed by atoms with Crippen molar-refractivity contribution in [1.82, 2.24) is 48.8 Å². The average Bonchev–Trinajstić information content (AvgIpc) is 1.15. The number of sulfonamides is 1. The van der Waals surface area contributed by atoms with Crippen molar-refractivity contribution < 1.29 is 81.8 Å². The Morgan fingerprint density at radius 1 is 0.282 bits per heavy atom. The number of morpholine rings is 1. The predicted molar refractivity (Wildman–Crippen MR) is 468 cm³/mol. The molecule has 117 heavy (non-hydrogen) atoms. The summed E-state index contributed by atoms with van der Waals surface area (Å²) in [5.74, 6) is 1.35. The molecule has 8 rings (SSSR count). The first kappa shape index (κ1) is 112. The monoisotopic (exact) mass is 1690 g/mol. The Morgan fingerprint density at radius 3 is 0.778 bits per heavy atom. The molecule has 1 unspecified atom stereocenters. The van der Waals surface area contributed by atoms with E-state index in [4.69, 9.17) is 9.84 Å². The minimum absolute atomic E-state index is 0.0412. The number of rotatable bonds is 10. The number of likely N-dealkylation sites (tertiary alicyclic amines) is 6. The molecule has 8 aliphatic heterocycles. The summed E-state index contributed by atoms with van der Waals surface area (Å²) in [5.41, 5.74) is 0.407. The van der Waals surface area contributed by atoms with Crippen molar-refractivity contribution in [3.05, 3.63) is 0 Å². The number of aliphatic hydroxyl groups excluding tert-OH is 5. The van der Waals surface area contributed by atoms with Gasteiger partial charge in [0, 0.05) is 176 Å². The van der Waals surface area contributed by atoms with Crippen molar-refractivity contribution in [3.8, 4) is 0 Å². The summed E-state index contributed by atoms with van der Waals surface area (Å²) in [4.78, 5) is 121. The zero-order chi connectivity index (χ0) is 90.9. The Bertz CT molecular complexity index is 2940. The van der Waals surface area contributed by atoms with Gasteiger partial charge in [-0.05, 0) is 107 Å². The number of ether oxygens (including phenoxy) is 1. The van der Waals surface area contributed by atoms with Gasteiger partial charge in [-0.15, -0.1) is 0 Å². The van der Waals surface area contributed by atoms with E-state index in [1.807, 2.05) is 65.9 Å². The fourth-order valence-electron chi connectivity index (χ4n) is 13.0. The van der Waals surface area contributed by atoms with Crippen LogP contribution in [0.25, 0.3) is 0 Å². The first-order chi connectivity index (χ1) is 52.9. The third-order valence-electron chi connectivity index (χ3n) is 18.9. The molecule has 3 atom stereocenters. The van der Waals surface area contributed by atoms with Crippen LogP contribution in [0.2, 0.25) is 0 Å². The molecule has 27 nitrogen and oxygen atoms in total. The second-order valence-electron chi connectivity index (χ2n) is 44.5. The minimum atomic E-state index is -3.40. The molecule has 8 heterocycles. The molecule has 0 aromatic heterocycles. The molecular weight excluding hydrogens is 1510 g/mol. The topological polar surface area (TPSA) is 339 Å². The van der Waals surface area contributed by atoms with Gasteiger partial charge in [0.05, 0.1) is 50.0 Å². The number of carbonyl (C=O) groups excluding carboxylic acids is 9. The van der Waals surface area contributed by atoms with Gasteiger partial charge in [-0.2, -0.15) is 0 Å². The zero-order valence-corrected chi connectivity index (χ0v) is 79.9. The van der Waals surface area contributed by atoms with E-state index >= 15 is 0 Å². The van der Waals surface area contributed by atoms with Crippen LogP contribution in [0.4, 0.5) is 0 Å². The smallest absolute Gasteiger partial charge is 0.233 e. The summed E-state index contributed by atoms with van der Waals surface area (Å²) in [6.07, 6.45) is 11.7. The van der Waals surface area contributed by atoms with Gasteiger partial charge in [-0.3, -0.25) is 47.9 Å². The maximum absolute atomic E-state index is 11.8. The number of piperazine rings is 1. The molecule has 0 spiro atoms. The lowest BCUT2D eigenvalue weighted by atomic mass is 9.91. The average molecular weight is 1690 g/mol. The zero-order valence-electron chi connectivity index (χ0n) is 79.1. The Labute approximate surface area is 710 Å². The lowest BCUT2D eigenvalue weighted by Crippen LogP contribution is -2.54. The lowest BCUT2D eigenvalue weighted by molar-refractivity contribution is -0.143. The van der Waals surface area contributed by atoms with Gasteiger partial charge in [0.25, 0.3) is 0 Å². The van der Waals surface area contributed by atoms with E-state index < -0.39 is 15.9 Å². The fraction of sp³-hybridized carbons (Fsp3) is 0.899. The highest BCUT2D eigenvalue weighted by Gasteiger charge is 2.34. The number of nitrogens with zero attached hydrogens (tertiary/aromatic N) is 9. The van der Waals surface area contributed by atoms with Crippen LogP contribution in [0.15, 0.2) is 0 Å². The largest absolute Gasteiger partial charge is 0.393 e. The van der Waals surface area contributed by atoms with Crippen molar-refractivity contribution in [2.45, 2.75) is 327 Å². The van der Waals surface area contributed by atoms with E-state index in [9.17, 15) is 72.0 Å². The minimum Gasteiger partial charge on any atom is -0.393 e. The van der Waals surface area contributed by atoms with E-state index in [2.05, 4.69) is 157 Å². The number of hydrogen-bond donors (Lipinski definition) is 6. The first-order valence-corrected chi connectivity index (χ1v) is 45.2. The maximum atomic E-state index is 11.8. The lowest BCUT2D eigenvalue weighted by Gasteiger charge is -2.37. The van der Waals surface area contributed by atoms with Gasteiger partial charge in [0.1, 0.15) is 0 Å². The molecule has 9 amide bonds. The molecule has 6 N–H and O–H groups in total. The number of aliphatic hydroxyl groups is 5. The van der Waals surface area contributed by atoms with Crippen LogP contribution in [-0.4, -0.2) is 306 Å². The molecular formula is C89H172N10O17S. The fourth-order valence-corrected chi connectivity index (χ4v) is 13.5. The van der Waals surface area contributed by atoms with Crippen LogP contribution in [0.5, 0.6) is 0 Å². The maximum Gasteiger partial charge on any atom is 0.233 e. The van der Waals surface area contributed by atoms with Crippen LogP contribution < -0.4 is 4.72 Å². The normalized spacial score (nSPS) is 20.1. The van der Waals surface area contributed by atoms with Gasteiger partial charge >= 0.3 is 0 Å². The Morgan fingerprint density at radius 2 is 0.504 bits per heavy atom. The van der Waals surface area contributed by atoms with Crippen molar-refractivity contribution in [2.24, 2.45) is 48.7 Å². The Balaban J connectivity index is 0.00000129. The van der Waals surface area contributed by atoms with Gasteiger partial charge < -0.3 is 74.4 Å². The highest BCUT2D eigenvalue weighted by Crippen LogP contribution is 2.29. The summed E-state index contributed by atoms with van der Waals surface area (Å²) in [5, 5.41) is 46.2. The van der Waals surface area contributed by atoms with Gasteiger partial charge in [0.15, 0.2) is 0 Å². The SMILES string of the molecule is CC(C)(C)CC(=O)N1CC(O)C1.CC(C)(C)CC(=O)N1CCC(O)CC1.CC(C)(C)CC(=O)N1CCCC(O)C1.CC(C)(C)CC(=O)N1CCCC1.CC(C)(C)CC(=O)N1CCOCC1.CC(C)(C)CC(=O)N1CC[C@@H](O)C1.CC(C)(C)CC(=O)N1CC[C@H](O)C1.CC(C)(C)CC(=O)NS(C)(=O)=O.CN1CCN(C(=O)CC(C)(C)C)CC1. The first-order valence-electron chi connectivity index (χ1n) is 43.3. The number of β-amino-alcohol motifs (C(OH)–C–C–N with tert-alkyl or cyclic N) is 4. The Hall–Kier alpha value is -5.10. The molecule has 0 aromatic rings. The van der Waals surface area contributed by atoms with E-state index in [-0.39, 0.29) is 121 Å². The summed E-state index contributed by atoms with van der Waals surface area (Å²) in [6, 6.07) is 0. The molecule has 8 saturated heterocycles. The van der Waals surface area contributed by atoms with Crippen molar-refractivity contribution in [1.29, 1.82) is 0 Å². The quantitative estimate of drug-likeness (QED) is 0.118. The molecule has 28 heteroatoms. The van der Waals surface area contributed by atoms with E-state index in [0.29, 0.717) is 109 Å². The molecule has 0 saturated carbocycles. The summed E-state index contributed by atoms with van der Waals surface area (Å²) in [6.45, 7) is 70.4. The van der Waals surface area contributed by atoms with Crippen LogP contribution in [0.1, 0.15) is 296 Å². The predicted octanol–water partition coefficient (Wildman–Crippen LogP) is 10.5. The number of piperidine rings is 2. The molecule has 0 radical (unpaired) electrons. The number of likely N-dealkylation sites (N-methyl/N-ethyl adjacent to an activating group) is 1. The number of amides is 9. The number of nitrogens with one attached hydrogen (secondary N) is 1. The number of hydrogen-bond acceptors (Lipinski definition) is 18. The van der Waals surface area contributed by atoms with Crippen molar-refractivity contribution in [2.75, 3.05) is 144 Å². The second kappa shape index (κ2) is 50.5. The van der Waals surface area contributed by atoms with E-state index in [0.717, 1.165) is 130 Å². The van der Waals surface area contributed by atoms with Crippen LogP contribution in [-0.2, 0) is 57.9 Å². The molecule has 0 bridgehead atoms. The Kier molecular flexibility index (Phi) is 48.3. The van der Waals surface area contributed by atoms with Crippen molar-refractivity contribution >= 4 is 63.2 Å². The molecule has 0 aliphatic carbocycles. The molecule has 8 fully saturated rings. The van der Waals surface area contributed by atoms with Crippen LogP contribution in [0.3, 0.4) is 0 Å². The highest BCUT2D eigenvalue weighted by atomic mass is 32.2. The van der Waals surface area contributed by atoms with Gasteiger partial charge in [0.2, 0.25) is 63.2 Å². The third kappa shape index (κ3) is 60.1. The van der Waals surface area contributed by atoms with E-state index in [1.54, 1.807) is 19.6 Å². The number of carbonyl (C=O) groups is 9. The molecule has 0 aromatic carbocycles. The summed E-state index contributed by atoms with van der Waals surface area (Å²) >= 11 is 0. The summed E-state index contributed by atoms with van der Waals surface area (Å²) < 4.78 is 28.3. The molecule has 686 valence electrons. The van der Waals surface area contributed by atoms with Crippen LogP contribution >= 0.6 is 0 Å². The third-order valence-corrected chi connectivity index (χ3v) is 19.5. The van der Waals surface area contributed by atoms with Gasteiger partial charge in [-0.25, -0.2) is 8.42 Å². The highest BCUT2D eigenvalue weighted by molar-refractivity contribution is 7.89. The van der Waals surface area contributed by atoms with Crippen LogP contribution in [0, 0.1) is 48.7 Å².